The largest absolute Gasteiger partial charge is 0.496 e. The Balaban J connectivity index is 2.32. The van der Waals surface area contributed by atoms with E-state index in [4.69, 9.17) is 16.3 Å². The molecule has 0 aliphatic heterocycles. The second kappa shape index (κ2) is 9.21. The Hall–Kier alpha value is -2.09. The lowest BCUT2D eigenvalue weighted by molar-refractivity contribution is 0.0947. The number of hydrogen-bond acceptors (Lipinski definition) is 4. The highest BCUT2D eigenvalue weighted by atomic mass is 35.5. The van der Waals surface area contributed by atoms with E-state index in [2.05, 4.69) is 5.32 Å². The molecule has 0 aliphatic carbocycles. The summed E-state index contributed by atoms with van der Waals surface area (Å²) in [6.07, 6.45) is 0. The van der Waals surface area contributed by atoms with Gasteiger partial charge in [-0.2, -0.15) is 4.31 Å². The molecule has 0 aromatic heterocycles. The van der Waals surface area contributed by atoms with Gasteiger partial charge < -0.3 is 10.1 Å². The first-order chi connectivity index (χ1) is 12.8. The standard InChI is InChI=1S/C19H23ClN2O4S/c1-4-22(5-2)27(24,25)15-10-11-18(26-3)16(12-15)19(23)21-13-14-8-6-7-9-17(14)20/h6-12H,4-5,13H2,1-3H3,(H,21,23). The van der Waals surface area contributed by atoms with Crippen molar-refractivity contribution < 1.29 is 17.9 Å². The molecule has 0 spiro atoms. The first-order valence-corrected chi connectivity index (χ1v) is 10.4. The number of rotatable bonds is 8. The molecular weight excluding hydrogens is 388 g/mol. The number of carbonyl (C=O) groups is 1. The highest BCUT2D eigenvalue weighted by Gasteiger charge is 2.24. The fourth-order valence-electron chi connectivity index (χ4n) is 2.65. The number of ether oxygens (including phenoxy) is 1. The summed E-state index contributed by atoms with van der Waals surface area (Å²) in [6, 6.07) is 11.4. The van der Waals surface area contributed by atoms with Gasteiger partial charge in [0, 0.05) is 24.7 Å². The molecule has 27 heavy (non-hydrogen) atoms. The molecule has 0 heterocycles. The molecule has 8 heteroatoms. The minimum atomic E-state index is -3.68. The third-order valence-corrected chi connectivity index (χ3v) is 6.57. The molecule has 1 N–H and O–H groups in total. The fraction of sp³-hybridized carbons (Fsp3) is 0.316. The van der Waals surface area contributed by atoms with E-state index in [1.807, 2.05) is 6.07 Å². The maximum atomic E-state index is 12.7. The van der Waals surface area contributed by atoms with Gasteiger partial charge in [0.25, 0.3) is 5.91 Å². The summed E-state index contributed by atoms with van der Waals surface area (Å²) < 4.78 is 32.0. The molecule has 6 nitrogen and oxygen atoms in total. The second-order valence-electron chi connectivity index (χ2n) is 5.73. The van der Waals surface area contributed by atoms with Crippen molar-refractivity contribution >= 4 is 27.5 Å². The molecule has 0 aliphatic rings. The molecule has 0 atom stereocenters. The van der Waals surface area contributed by atoms with Crippen LogP contribution in [-0.4, -0.2) is 38.8 Å². The lowest BCUT2D eigenvalue weighted by atomic mass is 10.1. The lowest BCUT2D eigenvalue weighted by Gasteiger charge is -2.19. The molecule has 2 rings (SSSR count). The quantitative estimate of drug-likeness (QED) is 0.724. The van der Waals surface area contributed by atoms with Crippen molar-refractivity contribution in [2.45, 2.75) is 25.3 Å². The molecule has 0 unspecified atom stereocenters. The van der Waals surface area contributed by atoms with Gasteiger partial charge in [-0.3, -0.25) is 4.79 Å². The Bertz CT molecular complexity index is 912. The summed E-state index contributed by atoms with van der Waals surface area (Å²) in [4.78, 5) is 12.7. The number of carbonyl (C=O) groups excluding carboxylic acids is 1. The normalized spacial score (nSPS) is 11.4. The smallest absolute Gasteiger partial charge is 0.255 e. The van der Waals surface area contributed by atoms with Crippen LogP contribution in [0, 0.1) is 0 Å². The van der Waals surface area contributed by atoms with Crippen molar-refractivity contribution in [2.75, 3.05) is 20.2 Å². The Morgan fingerprint density at radius 3 is 2.41 bits per heavy atom. The predicted molar refractivity (Wildman–Crippen MR) is 106 cm³/mol. The molecule has 146 valence electrons. The third-order valence-electron chi connectivity index (χ3n) is 4.16. The Labute approximate surface area is 165 Å². The summed E-state index contributed by atoms with van der Waals surface area (Å²) in [5.74, 6) is -0.145. The van der Waals surface area contributed by atoms with Crippen LogP contribution >= 0.6 is 11.6 Å². The molecule has 0 saturated heterocycles. The van der Waals surface area contributed by atoms with Crippen LogP contribution in [0.1, 0.15) is 29.8 Å². The number of hydrogen-bond donors (Lipinski definition) is 1. The van der Waals surface area contributed by atoms with E-state index in [-0.39, 0.29) is 17.0 Å². The summed E-state index contributed by atoms with van der Waals surface area (Å²) >= 11 is 6.10. The second-order valence-corrected chi connectivity index (χ2v) is 8.07. The van der Waals surface area contributed by atoms with Crippen molar-refractivity contribution in [1.82, 2.24) is 9.62 Å². The topological polar surface area (TPSA) is 75.7 Å². The Morgan fingerprint density at radius 2 is 1.81 bits per heavy atom. The van der Waals surface area contributed by atoms with Crippen LogP contribution in [0.25, 0.3) is 0 Å². The lowest BCUT2D eigenvalue weighted by Crippen LogP contribution is -2.31. The average Bonchev–Trinajstić information content (AvgIpc) is 2.67. The van der Waals surface area contributed by atoms with Crippen molar-refractivity contribution in [2.24, 2.45) is 0 Å². The predicted octanol–water partition coefficient (Wildman–Crippen LogP) is 3.31. The first kappa shape index (κ1) is 21.2. The van der Waals surface area contributed by atoms with Crippen molar-refractivity contribution in [1.29, 1.82) is 0 Å². The van der Waals surface area contributed by atoms with Gasteiger partial charge in [0.1, 0.15) is 5.75 Å². The van der Waals surface area contributed by atoms with Crippen LogP contribution in [0.3, 0.4) is 0 Å². The molecule has 1 amide bonds. The van der Waals surface area contributed by atoms with E-state index in [1.165, 1.54) is 29.6 Å². The van der Waals surface area contributed by atoms with E-state index in [0.717, 1.165) is 5.56 Å². The fourth-order valence-corrected chi connectivity index (χ4v) is 4.34. The number of methoxy groups -OCH3 is 1. The number of sulfonamides is 1. The molecule has 0 bridgehead atoms. The summed E-state index contributed by atoms with van der Waals surface area (Å²) in [5.41, 5.74) is 0.913. The highest BCUT2D eigenvalue weighted by Crippen LogP contribution is 2.25. The third kappa shape index (κ3) is 4.80. The SMILES string of the molecule is CCN(CC)S(=O)(=O)c1ccc(OC)c(C(=O)NCc2ccccc2Cl)c1. The van der Waals surface area contributed by atoms with Gasteiger partial charge in [-0.25, -0.2) is 8.42 Å². The van der Waals surface area contributed by atoms with E-state index in [1.54, 1.807) is 32.0 Å². The Morgan fingerprint density at radius 1 is 1.15 bits per heavy atom. The van der Waals surface area contributed by atoms with Gasteiger partial charge in [-0.1, -0.05) is 43.6 Å². The molecule has 0 fully saturated rings. The van der Waals surface area contributed by atoms with Crippen LogP contribution in [-0.2, 0) is 16.6 Å². The Kier molecular flexibility index (Phi) is 7.24. The number of nitrogens with zero attached hydrogens (tertiary/aromatic N) is 1. The number of nitrogens with one attached hydrogen (secondary N) is 1. The van der Waals surface area contributed by atoms with Gasteiger partial charge in [-0.05, 0) is 29.8 Å². The summed E-state index contributed by atoms with van der Waals surface area (Å²) in [5, 5.41) is 3.30. The van der Waals surface area contributed by atoms with Gasteiger partial charge in [0.05, 0.1) is 17.6 Å². The highest BCUT2D eigenvalue weighted by molar-refractivity contribution is 7.89. The average molecular weight is 411 g/mol. The van der Waals surface area contributed by atoms with Gasteiger partial charge in [0.15, 0.2) is 0 Å². The van der Waals surface area contributed by atoms with Crippen LogP contribution in [0.4, 0.5) is 0 Å². The maximum Gasteiger partial charge on any atom is 0.255 e. The van der Waals surface area contributed by atoms with E-state index >= 15 is 0 Å². The molecule has 0 radical (unpaired) electrons. The first-order valence-electron chi connectivity index (χ1n) is 8.54. The van der Waals surface area contributed by atoms with E-state index < -0.39 is 15.9 Å². The van der Waals surface area contributed by atoms with Crippen molar-refractivity contribution in [3.63, 3.8) is 0 Å². The zero-order valence-corrected chi connectivity index (χ0v) is 17.1. The van der Waals surface area contributed by atoms with Crippen LogP contribution in [0.5, 0.6) is 5.75 Å². The van der Waals surface area contributed by atoms with Gasteiger partial charge >= 0.3 is 0 Å². The minimum Gasteiger partial charge on any atom is -0.496 e. The van der Waals surface area contributed by atoms with Crippen molar-refractivity contribution in [3.05, 3.63) is 58.6 Å². The van der Waals surface area contributed by atoms with Crippen molar-refractivity contribution in [3.8, 4) is 5.75 Å². The maximum absolute atomic E-state index is 12.7. The van der Waals surface area contributed by atoms with Crippen LogP contribution in [0.2, 0.25) is 5.02 Å². The van der Waals surface area contributed by atoms with Gasteiger partial charge in [0.2, 0.25) is 10.0 Å². The number of halogens is 1. The van der Waals surface area contributed by atoms with E-state index in [9.17, 15) is 13.2 Å². The minimum absolute atomic E-state index is 0.0508. The monoisotopic (exact) mass is 410 g/mol. The van der Waals surface area contributed by atoms with Crippen LogP contribution in [0.15, 0.2) is 47.4 Å². The zero-order chi connectivity index (χ0) is 20.0. The van der Waals surface area contributed by atoms with Crippen LogP contribution < -0.4 is 10.1 Å². The zero-order valence-electron chi connectivity index (χ0n) is 15.5. The summed E-state index contributed by atoms with van der Waals surface area (Å²) in [7, 11) is -2.25. The molecule has 0 saturated carbocycles. The molecule has 2 aromatic rings. The molecule has 2 aromatic carbocycles. The number of benzene rings is 2. The number of amides is 1. The van der Waals surface area contributed by atoms with Gasteiger partial charge in [-0.15, -0.1) is 0 Å². The summed E-state index contributed by atoms with van der Waals surface area (Å²) in [6.45, 7) is 4.44. The van der Waals surface area contributed by atoms with E-state index in [0.29, 0.717) is 23.9 Å². The molecular formula is C19H23ClN2O4S.